The minimum absolute atomic E-state index is 0.385. The minimum atomic E-state index is 0.385. The average Bonchev–Trinajstić information content (AvgIpc) is 2.16. The zero-order chi connectivity index (χ0) is 9.84. The van der Waals surface area contributed by atoms with Gasteiger partial charge in [-0.2, -0.15) is 15.0 Å². The minimum Gasteiger partial charge on any atom is -0.357 e. The van der Waals surface area contributed by atoms with E-state index in [0.717, 1.165) is 0 Å². The van der Waals surface area contributed by atoms with E-state index >= 15 is 0 Å². The maximum Gasteiger partial charge on any atom is 0.245 e. The Morgan fingerprint density at radius 3 is 2.62 bits per heavy atom. The van der Waals surface area contributed by atoms with Gasteiger partial charge in [0.25, 0.3) is 0 Å². The molecule has 1 N–H and O–H groups in total. The van der Waals surface area contributed by atoms with Gasteiger partial charge in [0, 0.05) is 25.9 Å². The molecule has 70 valence electrons. The van der Waals surface area contributed by atoms with Gasteiger partial charge in [-0.3, -0.25) is 4.42 Å². The van der Waals surface area contributed by atoms with Crippen molar-refractivity contribution in [2.75, 3.05) is 23.8 Å². The summed E-state index contributed by atoms with van der Waals surface area (Å²) in [6.45, 7) is 3.56. The molecule has 0 unspecified atom stereocenters. The summed E-state index contributed by atoms with van der Waals surface area (Å²) in [5, 5.41) is 2.80. The number of hydrogen-bond acceptors (Lipinski definition) is 5. The summed E-state index contributed by atoms with van der Waals surface area (Å²) in [5.74, 6) is 1.34. The van der Waals surface area contributed by atoms with Crippen LogP contribution in [0, 0.1) is 0 Å². The van der Waals surface area contributed by atoms with Gasteiger partial charge in [-0.25, -0.2) is 0 Å². The van der Waals surface area contributed by atoms with Crippen molar-refractivity contribution in [3.8, 4) is 0 Å². The van der Waals surface area contributed by atoms with Gasteiger partial charge in [0.1, 0.15) is 0 Å². The molecular formula is C7H10ClN5. The molecular weight excluding hydrogens is 190 g/mol. The van der Waals surface area contributed by atoms with Crippen LogP contribution in [0.15, 0.2) is 6.58 Å². The average molecular weight is 200 g/mol. The lowest BCUT2D eigenvalue weighted by atomic mass is 10.6. The fourth-order valence-electron chi connectivity index (χ4n) is 0.722. The molecule has 1 heterocycles. The van der Waals surface area contributed by atoms with E-state index in [0.29, 0.717) is 17.7 Å². The maximum absolute atomic E-state index is 5.68. The Hall–Kier alpha value is -1.36. The van der Waals surface area contributed by atoms with Crippen LogP contribution in [0.4, 0.5) is 11.9 Å². The summed E-state index contributed by atoms with van der Waals surface area (Å²) in [4.78, 5) is 12.0. The highest BCUT2D eigenvalue weighted by Gasteiger charge is 2.05. The SMILES string of the molecule is C=Cc1nc(NC)nc(N(C)Cl)n1. The van der Waals surface area contributed by atoms with E-state index in [9.17, 15) is 0 Å². The Balaban J connectivity index is 3.14. The molecule has 1 aromatic rings. The molecule has 1 aromatic heterocycles. The van der Waals surface area contributed by atoms with Crippen molar-refractivity contribution in [2.24, 2.45) is 0 Å². The summed E-state index contributed by atoms with van der Waals surface area (Å²) in [6, 6.07) is 0. The van der Waals surface area contributed by atoms with Crippen molar-refractivity contribution in [1.29, 1.82) is 0 Å². The van der Waals surface area contributed by atoms with Crippen LogP contribution < -0.4 is 9.74 Å². The third-order valence-electron chi connectivity index (χ3n) is 1.32. The number of nitrogens with one attached hydrogen (secondary N) is 1. The van der Waals surface area contributed by atoms with Crippen molar-refractivity contribution < 1.29 is 0 Å². The fraction of sp³-hybridized carbons (Fsp3) is 0.286. The monoisotopic (exact) mass is 199 g/mol. The van der Waals surface area contributed by atoms with E-state index in [1.54, 1.807) is 14.1 Å². The second-order valence-corrected chi connectivity index (χ2v) is 2.76. The number of nitrogens with zero attached hydrogens (tertiary/aromatic N) is 4. The molecule has 13 heavy (non-hydrogen) atoms. The predicted molar refractivity (Wildman–Crippen MR) is 53.7 cm³/mol. The third kappa shape index (κ3) is 2.29. The molecule has 0 spiro atoms. The molecule has 0 saturated heterocycles. The van der Waals surface area contributed by atoms with Crippen molar-refractivity contribution in [3.63, 3.8) is 0 Å². The summed E-state index contributed by atoms with van der Waals surface area (Å²) in [6.07, 6.45) is 1.53. The van der Waals surface area contributed by atoms with Crippen LogP contribution in [0.2, 0.25) is 0 Å². The molecule has 0 radical (unpaired) electrons. The first-order chi connectivity index (χ1) is 6.17. The Bertz CT molecular complexity index is 312. The number of halogens is 1. The molecule has 1 rings (SSSR count). The second-order valence-electron chi connectivity index (χ2n) is 2.25. The van der Waals surface area contributed by atoms with E-state index in [1.165, 1.54) is 10.5 Å². The van der Waals surface area contributed by atoms with Crippen molar-refractivity contribution in [2.45, 2.75) is 0 Å². The summed E-state index contributed by atoms with van der Waals surface area (Å²) >= 11 is 5.68. The summed E-state index contributed by atoms with van der Waals surface area (Å²) in [5.41, 5.74) is 0. The lowest BCUT2D eigenvalue weighted by Crippen LogP contribution is -2.10. The van der Waals surface area contributed by atoms with Crippen LogP contribution in [-0.4, -0.2) is 29.0 Å². The van der Waals surface area contributed by atoms with Gasteiger partial charge in [0.2, 0.25) is 11.9 Å². The smallest absolute Gasteiger partial charge is 0.245 e. The number of hydrogen-bond donors (Lipinski definition) is 1. The molecule has 0 bridgehead atoms. The van der Waals surface area contributed by atoms with Gasteiger partial charge in [-0.1, -0.05) is 6.58 Å². The van der Waals surface area contributed by atoms with Gasteiger partial charge in [0.05, 0.1) is 0 Å². The molecule has 0 aliphatic rings. The van der Waals surface area contributed by atoms with Crippen LogP contribution in [0.25, 0.3) is 6.08 Å². The largest absolute Gasteiger partial charge is 0.357 e. The molecule has 6 heteroatoms. The van der Waals surface area contributed by atoms with Crippen molar-refractivity contribution >= 4 is 29.7 Å². The lowest BCUT2D eigenvalue weighted by Gasteiger charge is -2.08. The first-order valence-corrected chi connectivity index (χ1v) is 3.97. The van der Waals surface area contributed by atoms with E-state index in [1.807, 2.05) is 0 Å². The molecule has 0 atom stereocenters. The Labute approximate surface area is 81.6 Å². The van der Waals surface area contributed by atoms with Gasteiger partial charge < -0.3 is 5.32 Å². The van der Waals surface area contributed by atoms with E-state index < -0.39 is 0 Å². The first kappa shape index (κ1) is 9.73. The van der Waals surface area contributed by atoms with Crippen LogP contribution >= 0.6 is 11.8 Å². The predicted octanol–water partition coefficient (Wildman–Crippen LogP) is 1.15. The fourth-order valence-corrected chi connectivity index (χ4v) is 0.797. The van der Waals surface area contributed by atoms with Crippen molar-refractivity contribution in [1.82, 2.24) is 15.0 Å². The molecule has 0 saturated carbocycles. The zero-order valence-corrected chi connectivity index (χ0v) is 8.21. The highest BCUT2D eigenvalue weighted by Crippen LogP contribution is 2.10. The highest BCUT2D eigenvalue weighted by molar-refractivity contribution is 6.24. The molecule has 0 aromatic carbocycles. The highest BCUT2D eigenvalue weighted by atomic mass is 35.5. The van der Waals surface area contributed by atoms with Crippen LogP contribution in [0.1, 0.15) is 5.82 Å². The van der Waals surface area contributed by atoms with E-state index in [-0.39, 0.29) is 0 Å². The molecule has 0 aliphatic carbocycles. The third-order valence-corrected chi connectivity index (χ3v) is 1.47. The normalized spacial score (nSPS) is 9.46. The molecule has 0 aliphatic heterocycles. The Kier molecular flexibility index (Phi) is 3.02. The molecule has 0 amide bonds. The van der Waals surface area contributed by atoms with Crippen molar-refractivity contribution in [3.05, 3.63) is 12.4 Å². The van der Waals surface area contributed by atoms with Gasteiger partial charge in [0.15, 0.2) is 5.82 Å². The van der Waals surface area contributed by atoms with Crippen LogP contribution in [0.5, 0.6) is 0 Å². The van der Waals surface area contributed by atoms with Crippen LogP contribution in [-0.2, 0) is 0 Å². The summed E-state index contributed by atoms with van der Waals surface area (Å²) < 4.78 is 1.29. The number of rotatable bonds is 3. The molecule has 5 nitrogen and oxygen atoms in total. The summed E-state index contributed by atoms with van der Waals surface area (Å²) in [7, 11) is 3.36. The van der Waals surface area contributed by atoms with E-state index in [4.69, 9.17) is 11.8 Å². The Morgan fingerprint density at radius 1 is 1.46 bits per heavy atom. The van der Waals surface area contributed by atoms with Gasteiger partial charge in [-0.15, -0.1) is 0 Å². The topological polar surface area (TPSA) is 53.9 Å². The number of anilines is 2. The van der Waals surface area contributed by atoms with Gasteiger partial charge >= 0.3 is 0 Å². The zero-order valence-electron chi connectivity index (χ0n) is 7.45. The van der Waals surface area contributed by atoms with E-state index in [2.05, 4.69) is 26.8 Å². The molecule has 0 fully saturated rings. The maximum atomic E-state index is 5.68. The van der Waals surface area contributed by atoms with Gasteiger partial charge in [-0.05, 0) is 6.08 Å². The number of aromatic nitrogens is 3. The quantitative estimate of drug-likeness (QED) is 0.741. The standard InChI is InChI=1S/C7H10ClN5/c1-4-5-10-6(9-2)12-7(11-5)13(3)8/h4H,1H2,2-3H3,(H,9,10,11,12). The second kappa shape index (κ2) is 4.04. The van der Waals surface area contributed by atoms with Crippen LogP contribution in [0.3, 0.4) is 0 Å². The lowest BCUT2D eigenvalue weighted by molar-refractivity contribution is 1.00. The Morgan fingerprint density at radius 2 is 2.15 bits per heavy atom. The first-order valence-electron chi connectivity index (χ1n) is 3.63.